The minimum absolute atomic E-state index is 0.189. The van der Waals surface area contributed by atoms with Gasteiger partial charge in [-0.25, -0.2) is 9.59 Å². The Kier molecular flexibility index (Phi) is 4.08. The van der Waals surface area contributed by atoms with Gasteiger partial charge in [0.1, 0.15) is 0 Å². The summed E-state index contributed by atoms with van der Waals surface area (Å²) in [4.78, 5) is 24.2. The Labute approximate surface area is 139 Å². The summed E-state index contributed by atoms with van der Waals surface area (Å²) in [6.07, 6.45) is 3.48. The van der Waals surface area contributed by atoms with Crippen molar-refractivity contribution in [1.82, 2.24) is 4.40 Å². The zero-order valence-electron chi connectivity index (χ0n) is 13.7. The lowest BCUT2D eigenvalue weighted by atomic mass is 10.0. The number of hydrogen-bond donors (Lipinski definition) is 0. The van der Waals surface area contributed by atoms with Crippen LogP contribution in [0.5, 0.6) is 0 Å². The van der Waals surface area contributed by atoms with Crippen LogP contribution in [-0.2, 0) is 9.47 Å². The summed E-state index contributed by atoms with van der Waals surface area (Å²) in [7, 11) is 2.57. The van der Waals surface area contributed by atoms with Gasteiger partial charge in [0.2, 0.25) is 0 Å². The van der Waals surface area contributed by atoms with E-state index in [0.717, 1.165) is 16.7 Å². The first-order valence-electron chi connectivity index (χ1n) is 7.44. The highest BCUT2D eigenvalue weighted by atomic mass is 16.5. The van der Waals surface area contributed by atoms with Crippen LogP contribution in [0.25, 0.3) is 16.6 Å². The molecule has 0 saturated carbocycles. The summed E-state index contributed by atoms with van der Waals surface area (Å²) in [5, 5.41) is 0. The zero-order valence-corrected chi connectivity index (χ0v) is 13.7. The second kappa shape index (κ2) is 6.20. The van der Waals surface area contributed by atoms with E-state index >= 15 is 0 Å². The molecule has 0 fully saturated rings. The Morgan fingerprint density at radius 3 is 2.25 bits per heavy atom. The molecule has 3 aromatic rings. The van der Waals surface area contributed by atoms with Gasteiger partial charge in [-0.2, -0.15) is 0 Å². The summed E-state index contributed by atoms with van der Waals surface area (Å²) in [6.45, 7) is 1.98. The minimum atomic E-state index is -0.571. The summed E-state index contributed by atoms with van der Waals surface area (Å²) in [6, 6.07) is 11.8. The van der Waals surface area contributed by atoms with E-state index in [1.165, 1.54) is 14.2 Å². The van der Waals surface area contributed by atoms with Gasteiger partial charge in [0.25, 0.3) is 0 Å². The fourth-order valence-corrected chi connectivity index (χ4v) is 2.83. The Morgan fingerprint density at radius 1 is 0.958 bits per heavy atom. The molecule has 0 radical (unpaired) electrons. The third-order valence-corrected chi connectivity index (χ3v) is 3.99. The molecular formula is C19H17NO4. The van der Waals surface area contributed by atoms with E-state index in [-0.39, 0.29) is 11.1 Å². The van der Waals surface area contributed by atoms with Crippen LogP contribution in [0.3, 0.4) is 0 Å². The molecular weight excluding hydrogens is 306 g/mol. The van der Waals surface area contributed by atoms with Crippen LogP contribution in [0.1, 0.15) is 26.3 Å². The van der Waals surface area contributed by atoms with Crippen LogP contribution in [0, 0.1) is 6.92 Å². The quantitative estimate of drug-likeness (QED) is 0.692. The van der Waals surface area contributed by atoms with Crippen molar-refractivity contribution in [2.24, 2.45) is 0 Å². The van der Waals surface area contributed by atoms with Gasteiger partial charge >= 0.3 is 11.9 Å². The topological polar surface area (TPSA) is 57.0 Å². The predicted octanol–water partition coefficient (Wildman–Crippen LogP) is 3.49. The van der Waals surface area contributed by atoms with E-state index in [2.05, 4.69) is 0 Å². The Hall–Kier alpha value is -3.08. The van der Waals surface area contributed by atoms with Crippen molar-refractivity contribution >= 4 is 17.5 Å². The number of aromatic nitrogens is 1. The number of rotatable bonds is 3. The molecule has 0 unspecified atom stereocenters. The molecule has 0 atom stereocenters. The van der Waals surface area contributed by atoms with Crippen molar-refractivity contribution in [1.29, 1.82) is 0 Å². The largest absolute Gasteiger partial charge is 0.465 e. The highest BCUT2D eigenvalue weighted by Crippen LogP contribution is 2.29. The molecule has 0 saturated heterocycles. The number of carbonyl (C=O) groups is 2. The summed E-state index contributed by atoms with van der Waals surface area (Å²) < 4.78 is 11.4. The lowest BCUT2D eigenvalue weighted by Crippen LogP contribution is -2.09. The van der Waals surface area contributed by atoms with Crippen molar-refractivity contribution in [3.63, 3.8) is 0 Å². The van der Waals surface area contributed by atoms with Crippen LogP contribution in [-0.4, -0.2) is 30.6 Å². The van der Waals surface area contributed by atoms with Crippen molar-refractivity contribution < 1.29 is 19.1 Å². The first-order chi connectivity index (χ1) is 11.6. The molecule has 0 spiro atoms. The number of nitrogens with zero attached hydrogens (tertiary/aromatic N) is 1. The lowest BCUT2D eigenvalue weighted by molar-refractivity contribution is 0.0558. The minimum Gasteiger partial charge on any atom is -0.465 e. The lowest BCUT2D eigenvalue weighted by Gasteiger charge is -2.08. The smallest absolute Gasteiger partial charge is 0.340 e. The maximum atomic E-state index is 12.2. The van der Waals surface area contributed by atoms with Crippen molar-refractivity contribution in [3.8, 4) is 11.1 Å². The average Bonchev–Trinajstić information content (AvgIpc) is 2.98. The molecule has 3 rings (SSSR count). The summed E-state index contributed by atoms with van der Waals surface area (Å²) in [5.74, 6) is -1.14. The number of carbonyl (C=O) groups excluding carboxylic acids is 2. The third kappa shape index (κ3) is 2.54. The van der Waals surface area contributed by atoms with Crippen molar-refractivity contribution in [3.05, 3.63) is 65.5 Å². The van der Waals surface area contributed by atoms with Gasteiger partial charge in [0.05, 0.1) is 30.9 Å². The molecule has 0 aliphatic rings. The third-order valence-electron chi connectivity index (χ3n) is 3.99. The van der Waals surface area contributed by atoms with E-state index in [9.17, 15) is 9.59 Å². The molecule has 24 heavy (non-hydrogen) atoms. The van der Waals surface area contributed by atoms with E-state index in [1.807, 2.05) is 49.5 Å². The highest BCUT2D eigenvalue weighted by molar-refractivity contribution is 6.09. The predicted molar refractivity (Wildman–Crippen MR) is 90.2 cm³/mol. The number of esters is 2. The molecule has 0 aliphatic carbocycles. The van der Waals surface area contributed by atoms with E-state index in [1.54, 1.807) is 10.6 Å². The van der Waals surface area contributed by atoms with Gasteiger partial charge in [-0.3, -0.25) is 0 Å². The van der Waals surface area contributed by atoms with E-state index < -0.39 is 11.9 Å². The number of ether oxygens (including phenoxy) is 2. The summed E-state index contributed by atoms with van der Waals surface area (Å²) in [5.41, 5.74) is 4.05. The maximum absolute atomic E-state index is 12.2. The first-order valence-corrected chi connectivity index (χ1v) is 7.44. The SMILES string of the molecule is COC(=O)c1cn2cc(C)c(-c3ccccc3)cc2c1C(=O)OC. The molecule has 0 bridgehead atoms. The number of aryl methyl sites for hydroxylation is 1. The van der Waals surface area contributed by atoms with Crippen LogP contribution < -0.4 is 0 Å². The van der Waals surface area contributed by atoms with Crippen LogP contribution in [0.2, 0.25) is 0 Å². The molecule has 5 nitrogen and oxygen atoms in total. The van der Waals surface area contributed by atoms with Crippen LogP contribution in [0.4, 0.5) is 0 Å². The Morgan fingerprint density at radius 2 is 1.62 bits per heavy atom. The molecule has 5 heteroatoms. The van der Waals surface area contributed by atoms with E-state index in [0.29, 0.717) is 5.52 Å². The number of pyridine rings is 1. The van der Waals surface area contributed by atoms with Crippen LogP contribution >= 0.6 is 0 Å². The molecule has 0 aliphatic heterocycles. The van der Waals surface area contributed by atoms with Crippen molar-refractivity contribution in [2.45, 2.75) is 6.92 Å². The van der Waals surface area contributed by atoms with Gasteiger partial charge in [0.15, 0.2) is 0 Å². The van der Waals surface area contributed by atoms with Crippen LogP contribution in [0.15, 0.2) is 48.8 Å². The Bertz CT molecular complexity index is 925. The molecule has 0 N–H and O–H groups in total. The molecule has 1 aromatic carbocycles. The number of hydrogen-bond acceptors (Lipinski definition) is 4. The second-order valence-corrected chi connectivity index (χ2v) is 5.43. The van der Waals surface area contributed by atoms with Gasteiger partial charge in [-0.15, -0.1) is 0 Å². The number of methoxy groups -OCH3 is 2. The van der Waals surface area contributed by atoms with Gasteiger partial charge in [-0.05, 0) is 29.7 Å². The normalized spacial score (nSPS) is 10.6. The number of fused-ring (bicyclic) bond motifs is 1. The van der Waals surface area contributed by atoms with Gasteiger partial charge in [0, 0.05) is 12.4 Å². The fourth-order valence-electron chi connectivity index (χ4n) is 2.83. The molecule has 122 valence electrons. The molecule has 2 heterocycles. The second-order valence-electron chi connectivity index (χ2n) is 5.43. The van der Waals surface area contributed by atoms with E-state index in [4.69, 9.17) is 9.47 Å². The van der Waals surface area contributed by atoms with Gasteiger partial charge < -0.3 is 13.9 Å². The fraction of sp³-hybridized carbons (Fsp3) is 0.158. The van der Waals surface area contributed by atoms with Gasteiger partial charge in [-0.1, -0.05) is 30.3 Å². The highest BCUT2D eigenvalue weighted by Gasteiger charge is 2.24. The molecule has 2 aromatic heterocycles. The first kappa shape index (κ1) is 15.8. The average molecular weight is 323 g/mol. The maximum Gasteiger partial charge on any atom is 0.340 e. The standard InChI is InChI=1S/C19H17NO4/c1-12-10-20-11-15(18(21)23-2)17(19(22)24-3)16(20)9-14(12)13-7-5-4-6-8-13/h4-11H,1-3H3. The van der Waals surface area contributed by atoms with Crippen molar-refractivity contribution in [2.75, 3.05) is 14.2 Å². The monoisotopic (exact) mass is 323 g/mol. The zero-order chi connectivity index (χ0) is 17.3. The number of benzene rings is 1. The Balaban J connectivity index is 2.31. The summed E-state index contributed by atoms with van der Waals surface area (Å²) >= 11 is 0. The molecule has 0 amide bonds.